The van der Waals surface area contributed by atoms with Gasteiger partial charge in [0.15, 0.2) is 0 Å². The van der Waals surface area contributed by atoms with Crippen molar-refractivity contribution in [1.82, 2.24) is 4.90 Å². The SMILES string of the molecule is N#CCCN(C(=O)c1cc(Br)ccc1F)C1CC1. The molecule has 0 bridgehead atoms. The second-order valence-electron chi connectivity index (χ2n) is 4.26. The first-order chi connectivity index (χ1) is 8.63. The molecule has 0 aromatic heterocycles. The second-order valence-corrected chi connectivity index (χ2v) is 5.18. The predicted molar refractivity (Wildman–Crippen MR) is 68.4 cm³/mol. The summed E-state index contributed by atoms with van der Waals surface area (Å²) < 4.78 is 14.3. The molecular weight excluding hydrogens is 299 g/mol. The Kier molecular flexibility index (Phi) is 3.97. The van der Waals surface area contributed by atoms with E-state index in [9.17, 15) is 9.18 Å². The van der Waals surface area contributed by atoms with E-state index in [1.165, 1.54) is 12.1 Å². The number of benzene rings is 1. The zero-order valence-corrected chi connectivity index (χ0v) is 11.3. The topological polar surface area (TPSA) is 44.1 Å². The van der Waals surface area contributed by atoms with E-state index in [1.54, 1.807) is 11.0 Å². The third-order valence-corrected chi connectivity index (χ3v) is 3.37. The minimum absolute atomic E-state index is 0.0641. The molecule has 0 N–H and O–H groups in total. The highest BCUT2D eigenvalue weighted by atomic mass is 79.9. The lowest BCUT2D eigenvalue weighted by Crippen LogP contribution is -2.34. The number of carbonyl (C=O) groups excluding carboxylic acids is 1. The summed E-state index contributed by atoms with van der Waals surface area (Å²) in [6.07, 6.45) is 2.15. The Bertz CT molecular complexity index is 508. The number of hydrogen-bond donors (Lipinski definition) is 0. The van der Waals surface area contributed by atoms with E-state index in [2.05, 4.69) is 15.9 Å². The summed E-state index contributed by atoms with van der Waals surface area (Å²) in [7, 11) is 0. The molecule has 3 nitrogen and oxygen atoms in total. The molecule has 1 amide bonds. The summed E-state index contributed by atoms with van der Waals surface area (Å²) in [5, 5.41) is 8.60. The summed E-state index contributed by atoms with van der Waals surface area (Å²) >= 11 is 3.23. The Morgan fingerprint density at radius 3 is 2.89 bits per heavy atom. The minimum Gasteiger partial charge on any atom is -0.335 e. The van der Waals surface area contributed by atoms with Gasteiger partial charge >= 0.3 is 0 Å². The van der Waals surface area contributed by atoms with Crippen LogP contribution in [0.1, 0.15) is 29.6 Å². The van der Waals surface area contributed by atoms with E-state index in [0.717, 1.165) is 12.8 Å². The van der Waals surface area contributed by atoms with Crippen LogP contribution in [0.25, 0.3) is 0 Å². The summed E-state index contributed by atoms with van der Waals surface area (Å²) in [4.78, 5) is 13.9. The first-order valence-corrected chi connectivity index (χ1v) is 6.55. The number of nitriles is 1. The highest BCUT2D eigenvalue weighted by molar-refractivity contribution is 9.10. The van der Waals surface area contributed by atoms with Crippen LogP contribution in [0.15, 0.2) is 22.7 Å². The van der Waals surface area contributed by atoms with Crippen molar-refractivity contribution in [2.75, 3.05) is 6.54 Å². The highest BCUT2D eigenvalue weighted by Crippen LogP contribution is 2.29. The number of halogens is 2. The van der Waals surface area contributed by atoms with Crippen molar-refractivity contribution < 1.29 is 9.18 Å². The van der Waals surface area contributed by atoms with E-state index in [0.29, 0.717) is 11.0 Å². The average Bonchev–Trinajstić information content (AvgIpc) is 3.17. The van der Waals surface area contributed by atoms with Crippen LogP contribution in [-0.4, -0.2) is 23.4 Å². The van der Waals surface area contributed by atoms with E-state index in [-0.39, 0.29) is 23.9 Å². The molecule has 0 spiro atoms. The van der Waals surface area contributed by atoms with Gasteiger partial charge in [-0.3, -0.25) is 4.79 Å². The third-order valence-electron chi connectivity index (χ3n) is 2.87. The molecule has 0 unspecified atom stereocenters. The first kappa shape index (κ1) is 13.0. The van der Waals surface area contributed by atoms with Crippen LogP contribution >= 0.6 is 15.9 Å². The lowest BCUT2D eigenvalue weighted by atomic mass is 10.1. The molecule has 1 aromatic carbocycles. The minimum atomic E-state index is -0.522. The quantitative estimate of drug-likeness (QED) is 0.857. The largest absolute Gasteiger partial charge is 0.335 e. The molecule has 1 aliphatic carbocycles. The predicted octanol–water partition coefficient (Wildman–Crippen LogP) is 3.11. The lowest BCUT2D eigenvalue weighted by molar-refractivity contribution is 0.0742. The fourth-order valence-corrected chi connectivity index (χ4v) is 2.18. The van der Waals surface area contributed by atoms with Crippen LogP contribution < -0.4 is 0 Å². The molecule has 0 aliphatic heterocycles. The van der Waals surface area contributed by atoms with Crippen molar-refractivity contribution in [2.24, 2.45) is 0 Å². The van der Waals surface area contributed by atoms with Gasteiger partial charge in [0.2, 0.25) is 0 Å². The molecule has 0 atom stereocenters. The summed E-state index contributed by atoms with van der Waals surface area (Å²) in [6, 6.07) is 6.50. The molecule has 94 valence electrons. The molecule has 0 saturated heterocycles. The maximum atomic E-state index is 13.7. The third kappa shape index (κ3) is 2.88. The summed E-state index contributed by atoms with van der Waals surface area (Å²) in [5.41, 5.74) is 0.0641. The Morgan fingerprint density at radius 2 is 2.28 bits per heavy atom. The van der Waals surface area contributed by atoms with Gasteiger partial charge in [-0.2, -0.15) is 5.26 Å². The number of rotatable bonds is 4. The van der Waals surface area contributed by atoms with Gasteiger partial charge in [-0.05, 0) is 31.0 Å². The summed E-state index contributed by atoms with van der Waals surface area (Å²) in [6.45, 7) is 0.367. The van der Waals surface area contributed by atoms with Crippen LogP contribution in [0.4, 0.5) is 4.39 Å². The molecule has 1 aromatic rings. The summed E-state index contributed by atoms with van der Waals surface area (Å²) in [5.74, 6) is -0.850. The van der Waals surface area contributed by atoms with Gasteiger partial charge in [-0.15, -0.1) is 0 Å². The number of carbonyl (C=O) groups is 1. The van der Waals surface area contributed by atoms with Crippen LogP contribution in [0.2, 0.25) is 0 Å². The monoisotopic (exact) mass is 310 g/mol. The Morgan fingerprint density at radius 1 is 1.56 bits per heavy atom. The van der Waals surface area contributed by atoms with Crippen molar-refractivity contribution in [3.63, 3.8) is 0 Å². The van der Waals surface area contributed by atoms with E-state index >= 15 is 0 Å². The number of hydrogen-bond acceptors (Lipinski definition) is 2. The van der Waals surface area contributed by atoms with Gasteiger partial charge in [0.1, 0.15) is 5.82 Å². The van der Waals surface area contributed by atoms with Crippen molar-refractivity contribution in [2.45, 2.75) is 25.3 Å². The highest BCUT2D eigenvalue weighted by Gasteiger charge is 2.33. The molecule has 1 fully saturated rings. The van der Waals surface area contributed by atoms with Crippen LogP contribution in [0, 0.1) is 17.1 Å². The second kappa shape index (κ2) is 5.49. The van der Waals surface area contributed by atoms with Gasteiger partial charge in [-0.1, -0.05) is 15.9 Å². The molecule has 2 rings (SSSR count). The molecular formula is C13H12BrFN2O. The van der Waals surface area contributed by atoms with E-state index in [1.807, 2.05) is 6.07 Å². The van der Waals surface area contributed by atoms with Gasteiger partial charge in [-0.25, -0.2) is 4.39 Å². The molecule has 1 aliphatic rings. The molecule has 1 saturated carbocycles. The van der Waals surface area contributed by atoms with Gasteiger partial charge < -0.3 is 4.90 Å². The van der Waals surface area contributed by atoms with Crippen molar-refractivity contribution in [1.29, 1.82) is 5.26 Å². The normalized spacial score (nSPS) is 14.1. The molecule has 18 heavy (non-hydrogen) atoms. The van der Waals surface area contributed by atoms with Gasteiger partial charge in [0.25, 0.3) is 5.91 Å². The molecule has 0 radical (unpaired) electrons. The number of nitrogens with zero attached hydrogens (tertiary/aromatic N) is 2. The standard InChI is InChI=1S/C13H12BrFN2O/c14-9-2-5-12(15)11(8-9)13(18)17(7-1-6-16)10-3-4-10/h2,5,8,10H,1,3-4,7H2. The fraction of sp³-hybridized carbons (Fsp3) is 0.385. The van der Waals surface area contributed by atoms with Crippen molar-refractivity contribution in [3.8, 4) is 6.07 Å². The fourth-order valence-electron chi connectivity index (χ4n) is 1.82. The Balaban J connectivity index is 2.22. The van der Waals surface area contributed by atoms with E-state index < -0.39 is 5.82 Å². The first-order valence-electron chi connectivity index (χ1n) is 5.76. The maximum absolute atomic E-state index is 13.7. The smallest absolute Gasteiger partial charge is 0.257 e. The van der Waals surface area contributed by atoms with Gasteiger partial charge in [0.05, 0.1) is 18.1 Å². The average molecular weight is 311 g/mol. The zero-order chi connectivity index (χ0) is 13.1. The van der Waals surface area contributed by atoms with E-state index in [4.69, 9.17) is 5.26 Å². The zero-order valence-electron chi connectivity index (χ0n) is 9.70. The Labute approximate surface area is 113 Å². The van der Waals surface area contributed by atoms with Crippen LogP contribution in [0.5, 0.6) is 0 Å². The van der Waals surface area contributed by atoms with Gasteiger partial charge in [0, 0.05) is 17.1 Å². The number of amides is 1. The van der Waals surface area contributed by atoms with Crippen molar-refractivity contribution >= 4 is 21.8 Å². The lowest BCUT2D eigenvalue weighted by Gasteiger charge is -2.21. The van der Waals surface area contributed by atoms with Crippen LogP contribution in [-0.2, 0) is 0 Å². The molecule has 5 heteroatoms. The van der Waals surface area contributed by atoms with Crippen LogP contribution in [0.3, 0.4) is 0 Å². The Hall–Kier alpha value is -1.41. The van der Waals surface area contributed by atoms with Crippen molar-refractivity contribution in [3.05, 3.63) is 34.1 Å². The maximum Gasteiger partial charge on any atom is 0.257 e. The molecule has 0 heterocycles.